The first kappa shape index (κ1) is 37.9. The van der Waals surface area contributed by atoms with Crippen molar-refractivity contribution in [2.24, 2.45) is 0 Å². The Hall–Kier alpha value is -3.94. The number of rotatable bonds is 10. The number of imidazole rings is 1. The van der Waals surface area contributed by atoms with Crippen LogP contribution in [0, 0.1) is 0 Å². The average Bonchev–Trinajstić information content (AvgIpc) is 3.67. The van der Waals surface area contributed by atoms with E-state index >= 15 is 0 Å². The maximum Gasteiger partial charge on any atom is 0.413 e. The Balaban J connectivity index is 0.000000698. The van der Waals surface area contributed by atoms with Gasteiger partial charge >= 0.3 is 16.4 Å². The number of nitrogens with one attached hydrogen (secondary N) is 2. The Morgan fingerprint density at radius 1 is 1.04 bits per heavy atom. The molecule has 5 rings (SSSR count). The zero-order valence-corrected chi connectivity index (χ0v) is 29.8. The van der Waals surface area contributed by atoms with Crippen molar-refractivity contribution >= 4 is 45.0 Å². The number of hydrogen-bond acceptors (Lipinski definition) is 14. The number of fused-ring (bicyclic) bond motifs is 2. The number of ether oxygens (including phenoxy) is 4. The summed E-state index contributed by atoms with van der Waals surface area (Å²) in [4.78, 5) is 39.9. The fourth-order valence-corrected chi connectivity index (χ4v) is 5.99. The zero-order valence-electron chi connectivity index (χ0n) is 29.0. The molecule has 2 aromatic heterocycles. The smallest absolute Gasteiger partial charge is 0.413 e. The molecule has 1 aromatic carbocycles. The Kier molecular flexibility index (Phi) is 11.8. The van der Waals surface area contributed by atoms with Gasteiger partial charge in [0.1, 0.15) is 30.2 Å². The molecule has 4 N–H and O–H groups in total. The molecule has 49 heavy (non-hydrogen) atoms. The normalized spacial score (nSPS) is 21.6. The molecule has 2 amide bonds. The predicted octanol–water partition coefficient (Wildman–Crippen LogP) is 3.21. The molecule has 0 bridgehead atoms. The quantitative estimate of drug-likeness (QED) is 0.259. The summed E-state index contributed by atoms with van der Waals surface area (Å²) in [7, 11) is -4.55. The monoisotopic (exact) mass is 706 g/mol. The molecular formula is C31H46N8O9S. The number of anilines is 2. The third-order valence-electron chi connectivity index (χ3n) is 7.53. The molecule has 4 heterocycles. The van der Waals surface area contributed by atoms with E-state index < -0.39 is 64.8 Å². The van der Waals surface area contributed by atoms with Gasteiger partial charge in [-0.3, -0.25) is 18.9 Å². The van der Waals surface area contributed by atoms with Gasteiger partial charge in [0.25, 0.3) is 5.91 Å². The van der Waals surface area contributed by atoms with Gasteiger partial charge in [-0.1, -0.05) is 32.9 Å². The number of para-hydroxylation sites is 1. The van der Waals surface area contributed by atoms with Gasteiger partial charge in [0.05, 0.1) is 18.5 Å². The van der Waals surface area contributed by atoms with Crippen LogP contribution in [0.4, 0.5) is 16.3 Å². The SMILES string of the molecule is CC(C)(C)OC(=O)Nc1ncnc2c1ncn2[C@@H]1O[C@H](COS(=O)(=O)NC(=O)c2ccccc2N)[C@H]2OC(C)(C)O[C@H]21.CCN(CC)CC. The van der Waals surface area contributed by atoms with Crippen LogP contribution in [-0.2, 0) is 33.4 Å². The highest BCUT2D eigenvalue weighted by Crippen LogP contribution is 2.44. The lowest BCUT2D eigenvalue weighted by Gasteiger charge is -2.24. The van der Waals surface area contributed by atoms with Crippen molar-refractivity contribution < 1.29 is 41.1 Å². The summed E-state index contributed by atoms with van der Waals surface area (Å²) >= 11 is 0. The molecule has 17 nitrogen and oxygen atoms in total. The summed E-state index contributed by atoms with van der Waals surface area (Å²) in [5.41, 5.74) is 5.68. The second kappa shape index (κ2) is 15.3. The van der Waals surface area contributed by atoms with Crippen LogP contribution in [0.25, 0.3) is 11.2 Å². The largest absolute Gasteiger partial charge is 0.444 e. The molecule has 0 aliphatic carbocycles. The maximum absolute atomic E-state index is 12.6. The van der Waals surface area contributed by atoms with Gasteiger partial charge in [-0.2, -0.15) is 8.42 Å². The van der Waals surface area contributed by atoms with Crippen LogP contribution in [0.1, 0.15) is 72.0 Å². The molecule has 270 valence electrons. The molecule has 2 fully saturated rings. The Morgan fingerprint density at radius 3 is 2.31 bits per heavy atom. The summed E-state index contributed by atoms with van der Waals surface area (Å²) < 4.78 is 57.2. The fourth-order valence-electron chi connectivity index (χ4n) is 5.28. The van der Waals surface area contributed by atoms with Crippen LogP contribution < -0.4 is 15.8 Å². The molecule has 0 unspecified atom stereocenters. The van der Waals surface area contributed by atoms with E-state index in [1.165, 1.54) is 44.4 Å². The average molecular weight is 707 g/mol. The van der Waals surface area contributed by atoms with Crippen molar-refractivity contribution in [3.05, 3.63) is 42.5 Å². The molecule has 2 saturated heterocycles. The number of nitrogens with two attached hydrogens (primary N) is 1. The number of carbonyl (C=O) groups excluding carboxylic acids is 2. The molecule has 0 saturated carbocycles. The first-order chi connectivity index (χ1) is 23.0. The van der Waals surface area contributed by atoms with E-state index in [2.05, 4.69) is 45.9 Å². The third-order valence-corrected chi connectivity index (χ3v) is 8.41. The lowest BCUT2D eigenvalue weighted by molar-refractivity contribution is -0.198. The minimum atomic E-state index is -4.55. The summed E-state index contributed by atoms with van der Waals surface area (Å²) in [6, 6.07) is 6.01. The number of aromatic nitrogens is 4. The van der Waals surface area contributed by atoms with Crippen molar-refractivity contribution in [3.8, 4) is 0 Å². The second-order valence-corrected chi connectivity index (χ2v) is 14.0. The van der Waals surface area contributed by atoms with Gasteiger partial charge in [0.15, 0.2) is 29.0 Å². The van der Waals surface area contributed by atoms with Crippen LogP contribution in [-0.4, -0.2) is 101 Å². The summed E-state index contributed by atoms with van der Waals surface area (Å²) in [6.07, 6.45) is -1.33. The number of nitrogen functional groups attached to an aromatic ring is 1. The minimum Gasteiger partial charge on any atom is -0.444 e. The van der Waals surface area contributed by atoms with E-state index in [0.717, 1.165) is 0 Å². The highest BCUT2D eigenvalue weighted by atomic mass is 32.2. The molecule has 2 aliphatic rings. The van der Waals surface area contributed by atoms with Gasteiger partial charge in [-0.25, -0.2) is 24.5 Å². The molecular weight excluding hydrogens is 660 g/mol. The number of hydrogen-bond donors (Lipinski definition) is 3. The Morgan fingerprint density at radius 2 is 1.69 bits per heavy atom. The summed E-state index contributed by atoms with van der Waals surface area (Å²) in [5, 5.41) is 2.57. The lowest BCUT2D eigenvalue weighted by Crippen LogP contribution is -2.37. The minimum absolute atomic E-state index is 0.0225. The summed E-state index contributed by atoms with van der Waals surface area (Å²) in [5.74, 6) is -1.85. The van der Waals surface area contributed by atoms with Crippen molar-refractivity contribution in [3.63, 3.8) is 0 Å². The van der Waals surface area contributed by atoms with E-state index in [1.54, 1.807) is 51.3 Å². The van der Waals surface area contributed by atoms with Gasteiger partial charge in [0.2, 0.25) is 0 Å². The number of benzene rings is 1. The van der Waals surface area contributed by atoms with Crippen molar-refractivity contribution in [1.82, 2.24) is 29.1 Å². The van der Waals surface area contributed by atoms with Gasteiger partial charge in [-0.05, 0) is 66.4 Å². The van der Waals surface area contributed by atoms with E-state index in [9.17, 15) is 18.0 Å². The van der Waals surface area contributed by atoms with Crippen LogP contribution in [0.15, 0.2) is 36.9 Å². The van der Waals surface area contributed by atoms with E-state index in [-0.39, 0.29) is 22.6 Å². The van der Waals surface area contributed by atoms with Crippen LogP contribution in [0.2, 0.25) is 0 Å². The molecule has 4 atom stereocenters. The van der Waals surface area contributed by atoms with Crippen LogP contribution in [0.5, 0.6) is 0 Å². The van der Waals surface area contributed by atoms with Crippen molar-refractivity contribution in [1.29, 1.82) is 0 Å². The molecule has 0 spiro atoms. The second-order valence-electron chi connectivity index (χ2n) is 12.7. The first-order valence-electron chi connectivity index (χ1n) is 15.9. The van der Waals surface area contributed by atoms with Gasteiger partial charge < -0.3 is 29.6 Å². The Bertz CT molecular complexity index is 1720. The Labute approximate surface area is 286 Å². The predicted molar refractivity (Wildman–Crippen MR) is 180 cm³/mol. The third kappa shape index (κ3) is 9.61. The number of nitrogens with zero attached hydrogens (tertiary/aromatic N) is 5. The topological polar surface area (TPSA) is 211 Å². The highest BCUT2D eigenvalue weighted by Gasteiger charge is 2.56. The molecule has 2 aliphatic heterocycles. The van der Waals surface area contributed by atoms with Gasteiger partial charge in [0, 0.05) is 5.69 Å². The van der Waals surface area contributed by atoms with E-state index in [1.807, 2.05) is 4.72 Å². The fraction of sp³-hybridized carbons (Fsp3) is 0.581. The van der Waals surface area contributed by atoms with E-state index in [0.29, 0.717) is 5.65 Å². The highest BCUT2D eigenvalue weighted by molar-refractivity contribution is 7.85. The maximum atomic E-state index is 12.6. The zero-order chi connectivity index (χ0) is 36.1. The number of carbonyl (C=O) groups is 2. The van der Waals surface area contributed by atoms with Crippen molar-refractivity contribution in [2.75, 3.05) is 37.3 Å². The molecule has 3 aromatic rings. The van der Waals surface area contributed by atoms with Crippen molar-refractivity contribution in [2.45, 2.75) is 91.3 Å². The van der Waals surface area contributed by atoms with Crippen LogP contribution in [0.3, 0.4) is 0 Å². The number of amides is 2. The standard InChI is InChI=1S/C25H31N7O9S.C6H15N/c1-24(2,3)41-23(34)30-19-16-20(28-11-27-19)32(12-29-16)22-18-17(39-25(4,5)40-18)15(38-22)10-37-42(35,36)31-21(33)13-8-6-7-9-14(13)26;1-4-7(5-2)6-3/h6-9,11-12,15,17-18,22H,10,26H2,1-5H3,(H,31,33)(H,27,28,30,34);4-6H2,1-3H3/t15-,17-,18-,22-;/m1./s1. The molecule has 0 radical (unpaired) electrons. The molecule has 18 heteroatoms. The van der Waals surface area contributed by atoms with Gasteiger partial charge in [-0.15, -0.1) is 0 Å². The first-order valence-corrected chi connectivity index (χ1v) is 17.3. The summed E-state index contributed by atoms with van der Waals surface area (Å²) in [6.45, 7) is 18.2. The van der Waals surface area contributed by atoms with E-state index in [4.69, 9.17) is 28.9 Å². The van der Waals surface area contributed by atoms with Crippen LogP contribution >= 0.6 is 0 Å². The lowest BCUT2D eigenvalue weighted by atomic mass is 10.1.